The Hall–Kier alpha value is -2.71. The fraction of sp³-hybridized carbons (Fsp3) is 0.500. The van der Waals surface area contributed by atoms with E-state index >= 15 is 0 Å². The van der Waals surface area contributed by atoms with Gasteiger partial charge in [0.2, 0.25) is 5.88 Å². The Morgan fingerprint density at radius 1 is 1.35 bits per heavy atom. The minimum Gasteiger partial charge on any atom is -0.481 e. The summed E-state index contributed by atoms with van der Waals surface area (Å²) < 4.78 is 6.62. The highest BCUT2D eigenvalue weighted by Gasteiger charge is 2.25. The number of ether oxygens (including phenoxy) is 1. The number of nitrogens with one attached hydrogen (secondary N) is 1. The van der Waals surface area contributed by atoms with Crippen molar-refractivity contribution < 1.29 is 9.53 Å². The predicted octanol–water partition coefficient (Wildman–Crippen LogP) is 0.330. The van der Waals surface area contributed by atoms with E-state index in [1.54, 1.807) is 26.4 Å². The number of nitrogens with zero attached hydrogens (tertiary/aromatic N) is 6. The van der Waals surface area contributed by atoms with Crippen LogP contribution in [0.4, 0.5) is 5.82 Å². The number of amides is 1. The van der Waals surface area contributed by atoms with Crippen molar-refractivity contribution in [1.29, 1.82) is 0 Å². The Morgan fingerprint density at radius 2 is 2.13 bits per heavy atom. The van der Waals surface area contributed by atoms with E-state index in [1.165, 1.54) is 11.0 Å². The van der Waals surface area contributed by atoms with Crippen LogP contribution in [-0.2, 0) is 7.05 Å². The first kappa shape index (κ1) is 15.2. The zero-order chi connectivity index (χ0) is 16.2. The molecule has 0 aliphatic carbocycles. The van der Waals surface area contributed by atoms with E-state index < -0.39 is 0 Å². The average molecular weight is 317 g/mol. The minimum absolute atomic E-state index is 0.0692. The zero-order valence-electron chi connectivity index (χ0n) is 13.1. The molecule has 1 saturated heterocycles. The van der Waals surface area contributed by atoms with Crippen LogP contribution in [0.2, 0.25) is 0 Å². The second-order valence-electron chi connectivity index (χ2n) is 5.43. The second-order valence-corrected chi connectivity index (χ2v) is 5.43. The summed E-state index contributed by atoms with van der Waals surface area (Å²) in [6.07, 6.45) is 4.80. The lowest BCUT2D eigenvalue weighted by molar-refractivity contribution is 0.0712. The van der Waals surface area contributed by atoms with Crippen molar-refractivity contribution in [2.75, 3.05) is 25.5 Å². The first-order valence-electron chi connectivity index (χ1n) is 7.44. The molecule has 23 heavy (non-hydrogen) atoms. The van der Waals surface area contributed by atoms with Crippen LogP contribution in [0.5, 0.6) is 5.88 Å². The molecule has 0 bridgehead atoms. The van der Waals surface area contributed by atoms with Crippen molar-refractivity contribution in [3.63, 3.8) is 0 Å². The summed E-state index contributed by atoms with van der Waals surface area (Å²) in [5.74, 6) is 1.19. The molecule has 1 aliphatic rings. The quantitative estimate of drug-likeness (QED) is 0.867. The molecule has 1 N–H and O–H groups in total. The number of hydrogen-bond donors (Lipinski definition) is 1. The highest BCUT2D eigenvalue weighted by atomic mass is 16.5. The molecule has 3 heterocycles. The summed E-state index contributed by atoms with van der Waals surface area (Å²) in [4.78, 5) is 22.3. The van der Waals surface area contributed by atoms with Crippen LogP contribution in [0.3, 0.4) is 0 Å². The molecule has 0 atom stereocenters. The van der Waals surface area contributed by atoms with Crippen LogP contribution in [0.1, 0.15) is 23.3 Å². The number of likely N-dealkylation sites (tertiary alicyclic amines) is 1. The maximum atomic E-state index is 12.3. The molecule has 0 radical (unpaired) electrons. The molecule has 1 fully saturated rings. The Balaban J connectivity index is 1.55. The van der Waals surface area contributed by atoms with Crippen molar-refractivity contribution in [3.8, 4) is 5.88 Å². The molecule has 0 spiro atoms. The van der Waals surface area contributed by atoms with Gasteiger partial charge in [0.25, 0.3) is 5.91 Å². The van der Waals surface area contributed by atoms with Crippen molar-refractivity contribution in [1.82, 2.24) is 29.9 Å². The summed E-state index contributed by atoms with van der Waals surface area (Å²) in [5.41, 5.74) is 0.388. The summed E-state index contributed by atoms with van der Waals surface area (Å²) in [6.45, 7) is 1.35. The monoisotopic (exact) mass is 317 g/mol. The fourth-order valence-corrected chi connectivity index (χ4v) is 2.57. The van der Waals surface area contributed by atoms with Crippen LogP contribution in [0.25, 0.3) is 0 Å². The summed E-state index contributed by atoms with van der Waals surface area (Å²) in [6, 6.07) is 2.03. The van der Waals surface area contributed by atoms with Gasteiger partial charge in [-0.25, -0.2) is 9.97 Å². The number of carbonyl (C=O) groups excluding carboxylic acids is 1. The molecule has 122 valence electrons. The van der Waals surface area contributed by atoms with Crippen LogP contribution in [0.15, 0.2) is 18.6 Å². The second kappa shape index (κ2) is 6.59. The van der Waals surface area contributed by atoms with E-state index in [2.05, 4.69) is 25.6 Å². The molecule has 9 heteroatoms. The van der Waals surface area contributed by atoms with Gasteiger partial charge < -0.3 is 15.0 Å². The Bertz CT molecular complexity index is 679. The van der Waals surface area contributed by atoms with Gasteiger partial charge in [0.15, 0.2) is 5.69 Å². The molecular weight excluding hydrogens is 298 g/mol. The standard InChI is InChI=1S/C14H19N7O2/c1-20-8-11(18-19-20)14(22)21-5-3-10(4-6-21)17-12-7-13(23-2)16-9-15-12/h7-10H,3-6H2,1-2H3,(H,15,16,17). The van der Waals surface area contributed by atoms with E-state index in [1.807, 2.05) is 4.90 Å². The maximum Gasteiger partial charge on any atom is 0.276 e. The van der Waals surface area contributed by atoms with Crippen LogP contribution in [-0.4, -0.2) is 62.0 Å². The van der Waals surface area contributed by atoms with Gasteiger partial charge in [0.1, 0.15) is 12.1 Å². The lowest BCUT2D eigenvalue weighted by atomic mass is 10.0. The summed E-state index contributed by atoms with van der Waals surface area (Å²) in [5, 5.41) is 11.0. The number of anilines is 1. The number of rotatable bonds is 4. The number of carbonyl (C=O) groups is 1. The topological polar surface area (TPSA) is 98.1 Å². The maximum absolute atomic E-state index is 12.3. The molecule has 2 aromatic rings. The van der Waals surface area contributed by atoms with Crippen molar-refractivity contribution in [2.24, 2.45) is 7.05 Å². The molecule has 0 aromatic carbocycles. The van der Waals surface area contributed by atoms with E-state index in [-0.39, 0.29) is 11.9 Å². The number of hydrogen-bond acceptors (Lipinski definition) is 7. The highest BCUT2D eigenvalue weighted by molar-refractivity contribution is 5.92. The third kappa shape index (κ3) is 3.55. The van der Waals surface area contributed by atoms with E-state index in [9.17, 15) is 4.79 Å². The number of aryl methyl sites for hydroxylation is 1. The lowest BCUT2D eigenvalue weighted by Gasteiger charge is -2.32. The van der Waals surface area contributed by atoms with Gasteiger partial charge in [-0.1, -0.05) is 5.21 Å². The van der Waals surface area contributed by atoms with Crippen LogP contribution in [0, 0.1) is 0 Å². The third-order valence-electron chi connectivity index (χ3n) is 3.81. The van der Waals surface area contributed by atoms with E-state index in [4.69, 9.17) is 4.74 Å². The fourth-order valence-electron chi connectivity index (χ4n) is 2.57. The van der Waals surface area contributed by atoms with Gasteiger partial charge in [0, 0.05) is 32.2 Å². The van der Waals surface area contributed by atoms with Crippen molar-refractivity contribution in [2.45, 2.75) is 18.9 Å². The minimum atomic E-state index is -0.0692. The molecule has 2 aromatic heterocycles. The van der Waals surface area contributed by atoms with Crippen molar-refractivity contribution in [3.05, 3.63) is 24.3 Å². The third-order valence-corrected chi connectivity index (χ3v) is 3.81. The smallest absolute Gasteiger partial charge is 0.276 e. The zero-order valence-corrected chi connectivity index (χ0v) is 13.1. The van der Waals surface area contributed by atoms with Gasteiger partial charge >= 0.3 is 0 Å². The Kier molecular flexibility index (Phi) is 4.35. The van der Waals surface area contributed by atoms with Gasteiger partial charge in [-0.15, -0.1) is 5.10 Å². The SMILES string of the molecule is COc1cc(NC2CCN(C(=O)c3cn(C)nn3)CC2)ncn1. The summed E-state index contributed by atoms with van der Waals surface area (Å²) >= 11 is 0. The van der Waals surface area contributed by atoms with Gasteiger partial charge in [-0.3, -0.25) is 9.48 Å². The van der Waals surface area contributed by atoms with Crippen molar-refractivity contribution >= 4 is 11.7 Å². The first-order chi connectivity index (χ1) is 11.2. The largest absolute Gasteiger partial charge is 0.481 e. The number of methoxy groups -OCH3 is 1. The molecule has 0 unspecified atom stereocenters. The van der Waals surface area contributed by atoms with E-state index in [0.717, 1.165) is 18.7 Å². The molecule has 1 aliphatic heterocycles. The van der Waals surface area contributed by atoms with Gasteiger partial charge in [-0.2, -0.15) is 0 Å². The van der Waals surface area contributed by atoms with Gasteiger partial charge in [0.05, 0.1) is 13.3 Å². The highest BCUT2D eigenvalue weighted by Crippen LogP contribution is 2.18. The Morgan fingerprint density at radius 3 is 2.78 bits per heavy atom. The van der Waals surface area contributed by atoms with Gasteiger partial charge in [-0.05, 0) is 12.8 Å². The molecule has 3 rings (SSSR count). The number of piperidine rings is 1. The normalized spacial score (nSPS) is 15.5. The molecule has 1 amide bonds. The average Bonchev–Trinajstić information content (AvgIpc) is 3.01. The first-order valence-corrected chi connectivity index (χ1v) is 7.44. The number of aromatic nitrogens is 5. The molecular formula is C14H19N7O2. The van der Waals surface area contributed by atoms with Crippen LogP contribution >= 0.6 is 0 Å². The van der Waals surface area contributed by atoms with Crippen LogP contribution < -0.4 is 10.1 Å². The Labute approximate surface area is 133 Å². The molecule has 9 nitrogen and oxygen atoms in total. The summed E-state index contributed by atoms with van der Waals surface area (Å²) in [7, 11) is 3.32. The predicted molar refractivity (Wildman–Crippen MR) is 82.1 cm³/mol. The lowest BCUT2D eigenvalue weighted by Crippen LogP contribution is -2.42. The van der Waals surface area contributed by atoms with E-state index in [0.29, 0.717) is 24.7 Å². The molecule has 0 saturated carbocycles.